The maximum absolute atomic E-state index is 3.05. The summed E-state index contributed by atoms with van der Waals surface area (Å²) in [6, 6.07) is 34.7. The van der Waals surface area contributed by atoms with Crippen LogP contribution in [0, 0.1) is 0 Å². The number of benzene rings is 4. The first kappa shape index (κ1) is 53.3. The SMILES string of the molecule is CC(C)(C)c1cc(C(C)(C)C)cc([Si](C2=[C]([Ti+3])C(Cc3ccccc3)=CC2)(c2cc(C(C)(C)C)cc(C(C)(C)C)c2)c2cc(C(C)(C)C)cc(C(C)(C)C)c2)c1.[Cl-].[Cl-].[Cl-]. The van der Waals surface area contributed by atoms with Gasteiger partial charge in [0.1, 0.15) is 0 Å². The van der Waals surface area contributed by atoms with Crippen molar-refractivity contribution in [1.82, 2.24) is 0 Å². The van der Waals surface area contributed by atoms with E-state index in [4.69, 9.17) is 0 Å². The Labute approximate surface area is 393 Å². The third-order valence-corrected chi connectivity index (χ3v) is 18.3. The zero-order valence-electron chi connectivity index (χ0n) is 39.7. The van der Waals surface area contributed by atoms with E-state index in [0.717, 1.165) is 12.8 Å². The Bertz CT molecular complexity index is 1870. The molecule has 0 aliphatic heterocycles. The molecule has 0 aromatic heterocycles. The second-order valence-corrected chi connectivity index (χ2v) is 27.7. The molecule has 59 heavy (non-hydrogen) atoms. The molecule has 0 amide bonds. The van der Waals surface area contributed by atoms with E-state index in [0.29, 0.717) is 0 Å². The third kappa shape index (κ3) is 11.6. The van der Waals surface area contributed by atoms with Crippen LogP contribution < -0.4 is 52.8 Å². The number of rotatable bonds is 6. The van der Waals surface area contributed by atoms with Gasteiger partial charge in [-0.1, -0.05) is 0 Å². The fraction of sp³-hybridized carbons (Fsp3) is 0.481. The molecule has 318 valence electrons. The second-order valence-electron chi connectivity index (χ2n) is 23.1. The Morgan fingerprint density at radius 3 is 0.949 bits per heavy atom. The van der Waals surface area contributed by atoms with E-state index < -0.39 is 8.07 Å². The van der Waals surface area contributed by atoms with Crippen molar-refractivity contribution in [3.63, 3.8) is 0 Å². The van der Waals surface area contributed by atoms with Gasteiger partial charge in [0, 0.05) is 0 Å². The Morgan fingerprint density at radius 1 is 0.424 bits per heavy atom. The van der Waals surface area contributed by atoms with Crippen molar-refractivity contribution < 1.29 is 57.7 Å². The summed E-state index contributed by atoms with van der Waals surface area (Å²) in [7, 11) is -3.05. The molecule has 0 radical (unpaired) electrons. The van der Waals surface area contributed by atoms with Crippen LogP contribution >= 0.6 is 0 Å². The maximum atomic E-state index is 2.66. The largest absolute Gasteiger partial charge is 1.00 e. The van der Waals surface area contributed by atoms with E-state index in [-0.39, 0.29) is 69.7 Å². The normalized spacial score (nSPS) is 14.3. The molecule has 4 aromatic rings. The van der Waals surface area contributed by atoms with Crippen LogP contribution in [-0.4, -0.2) is 8.07 Å². The van der Waals surface area contributed by atoms with E-state index in [2.05, 4.69) is 236 Å². The van der Waals surface area contributed by atoms with E-state index in [9.17, 15) is 0 Å². The zero-order chi connectivity index (χ0) is 42.0. The summed E-state index contributed by atoms with van der Waals surface area (Å²) in [5.41, 5.74) is 11.3. The molecule has 5 heteroatoms. The first-order valence-corrected chi connectivity index (χ1v) is 23.9. The fourth-order valence-electron chi connectivity index (χ4n) is 8.09. The summed E-state index contributed by atoms with van der Waals surface area (Å²) in [5.74, 6) is 0. The van der Waals surface area contributed by atoms with Gasteiger partial charge in [-0.15, -0.1) is 0 Å². The van der Waals surface area contributed by atoms with Crippen molar-refractivity contribution in [3.8, 4) is 0 Å². The summed E-state index contributed by atoms with van der Waals surface area (Å²) >= 11 is 2.47. The zero-order valence-corrected chi connectivity index (χ0v) is 44.5. The molecular weight excluding hydrogens is 831 g/mol. The van der Waals surface area contributed by atoms with Gasteiger partial charge in [0.25, 0.3) is 0 Å². The van der Waals surface area contributed by atoms with Gasteiger partial charge in [-0.25, -0.2) is 0 Å². The van der Waals surface area contributed by atoms with E-state index >= 15 is 0 Å². The van der Waals surface area contributed by atoms with Crippen LogP contribution in [0.5, 0.6) is 0 Å². The van der Waals surface area contributed by atoms with Crippen LogP contribution in [0.4, 0.5) is 0 Å². The molecular formula is C54H73Cl3SiTi. The van der Waals surface area contributed by atoms with Crippen molar-refractivity contribution in [2.24, 2.45) is 0 Å². The molecule has 0 nitrogen and oxygen atoms in total. The van der Waals surface area contributed by atoms with E-state index in [1.54, 1.807) is 5.20 Å². The average molecular weight is 904 g/mol. The van der Waals surface area contributed by atoms with Crippen molar-refractivity contribution in [2.45, 2.75) is 170 Å². The van der Waals surface area contributed by atoms with Gasteiger partial charge in [-0.05, 0) is 0 Å². The number of allylic oxidation sites excluding steroid dienone is 4. The van der Waals surface area contributed by atoms with E-state index in [1.807, 2.05) is 0 Å². The van der Waals surface area contributed by atoms with Gasteiger partial charge in [0.05, 0.1) is 0 Å². The molecule has 4 aromatic carbocycles. The van der Waals surface area contributed by atoms with Crippen molar-refractivity contribution >= 4 is 23.6 Å². The van der Waals surface area contributed by atoms with Gasteiger partial charge in [0.15, 0.2) is 0 Å². The Balaban J connectivity index is 0.00000400. The number of halogens is 3. The van der Waals surface area contributed by atoms with Crippen LogP contribution in [0.15, 0.2) is 106 Å². The molecule has 1 aliphatic rings. The van der Waals surface area contributed by atoms with Crippen molar-refractivity contribution in [3.05, 3.63) is 145 Å². The van der Waals surface area contributed by atoms with E-state index in [1.165, 1.54) is 64.0 Å². The maximum Gasteiger partial charge on any atom is -1.00 e. The van der Waals surface area contributed by atoms with Crippen LogP contribution in [0.1, 0.15) is 170 Å². The summed E-state index contributed by atoms with van der Waals surface area (Å²) < 4.78 is 1.50. The van der Waals surface area contributed by atoms with Gasteiger partial charge < -0.3 is 37.2 Å². The molecule has 5 rings (SSSR count). The van der Waals surface area contributed by atoms with Crippen LogP contribution in [-0.2, 0) is 59.3 Å². The summed E-state index contributed by atoms with van der Waals surface area (Å²) in [4.78, 5) is 0. The monoisotopic (exact) mass is 902 g/mol. The first-order chi connectivity index (χ1) is 25.4. The molecule has 0 spiro atoms. The first-order valence-electron chi connectivity index (χ1n) is 21.1. The molecule has 0 atom stereocenters. The summed E-state index contributed by atoms with van der Waals surface area (Å²) in [6.45, 7) is 43.2. The topological polar surface area (TPSA) is 0 Å². The predicted octanol–water partition coefficient (Wildman–Crippen LogP) is 3.87. The predicted molar refractivity (Wildman–Crippen MR) is 246 cm³/mol. The van der Waals surface area contributed by atoms with Gasteiger partial charge >= 0.3 is 359 Å². The molecule has 1 aliphatic carbocycles. The van der Waals surface area contributed by atoms with Crippen molar-refractivity contribution in [2.75, 3.05) is 0 Å². The van der Waals surface area contributed by atoms with Gasteiger partial charge in [-0.2, -0.15) is 0 Å². The number of hydrogen-bond donors (Lipinski definition) is 0. The minimum Gasteiger partial charge on any atom is -1.00 e. The molecule has 0 bridgehead atoms. The minimum atomic E-state index is -3.05. The molecule has 0 fully saturated rings. The van der Waals surface area contributed by atoms with Gasteiger partial charge in [0.2, 0.25) is 0 Å². The smallest absolute Gasteiger partial charge is 1.00 e. The molecule has 0 saturated carbocycles. The fourth-order valence-corrected chi connectivity index (χ4v) is 14.6. The second kappa shape index (κ2) is 18.5. The number of hydrogen-bond acceptors (Lipinski definition) is 0. The van der Waals surface area contributed by atoms with Crippen LogP contribution in [0.25, 0.3) is 0 Å². The van der Waals surface area contributed by atoms with Crippen LogP contribution in [0.3, 0.4) is 0 Å². The molecule has 0 unspecified atom stereocenters. The third-order valence-electron chi connectivity index (χ3n) is 12.2. The van der Waals surface area contributed by atoms with Crippen LogP contribution in [0.2, 0.25) is 0 Å². The Hall–Kier alpha value is -1.84. The Kier molecular flexibility index (Phi) is 16.7. The van der Waals surface area contributed by atoms with Crippen molar-refractivity contribution in [1.29, 1.82) is 0 Å². The quantitative estimate of drug-likeness (QED) is 0.204. The summed E-state index contributed by atoms with van der Waals surface area (Å²) in [5, 5.41) is 6.22. The standard InChI is InChI=1S/C54H73Si.3ClH.Ti/c1-49(2,3)39-28-40(50(4,5)6)32-46(31-39)55(45-25-24-38(27-45)26-37-22-20-19-21-23-37,47-33-41(51(7,8)9)29-42(34-47)52(10,11)12)48-35-43(53(13,14)15)30-44(36-48)54(16,17)18;;;;/h19-24,28-36H,25-26H2,1-18H3;3*1H;/q;;;;+3/p-3. The summed E-state index contributed by atoms with van der Waals surface area (Å²) in [6.07, 6.45) is 4.52. The minimum absolute atomic E-state index is 0. The molecule has 0 saturated heterocycles. The van der Waals surface area contributed by atoms with Gasteiger partial charge in [-0.3, -0.25) is 0 Å². The molecule has 0 N–H and O–H groups in total. The molecule has 0 heterocycles. The Morgan fingerprint density at radius 2 is 0.695 bits per heavy atom. The average Bonchev–Trinajstić information content (AvgIpc) is 3.42.